The standard InChI is InChI=1S/C12H9F3N4OS/c13-12(14,15)20-9-4-2-1-3-7(9)18-11-17-6-5-8(19-11)10(16)21/h1-6H,(H2,16,21)(H,17,18,19). The second-order valence-corrected chi connectivity index (χ2v) is 4.24. The number of nitrogens with two attached hydrogens (primary N) is 1. The van der Waals surface area contributed by atoms with Crippen molar-refractivity contribution >= 4 is 28.8 Å². The van der Waals surface area contributed by atoms with Crippen LogP contribution in [0.3, 0.4) is 0 Å². The second kappa shape index (κ2) is 5.92. The third kappa shape index (κ3) is 4.28. The summed E-state index contributed by atoms with van der Waals surface area (Å²) in [6, 6.07) is 7.03. The van der Waals surface area contributed by atoms with Gasteiger partial charge in [-0.1, -0.05) is 24.4 Å². The summed E-state index contributed by atoms with van der Waals surface area (Å²) in [5.41, 5.74) is 5.80. The Morgan fingerprint density at radius 3 is 2.62 bits per heavy atom. The Morgan fingerprint density at radius 1 is 1.24 bits per heavy atom. The maximum Gasteiger partial charge on any atom is 0.573 e. The number of rotatable bonds is 4. The van der Waals surface area contributed by atoms with Crippen molar-refractivity contribution in [2.75, 3.05) is 5.32 Å². The molecule has 1 heterocycles. The quantitative estimate of drug-likeness (QED) is 0.846. The van der Waals surface area contributed by atoms with Gasteiger partial charge in [0.15, 0.2) is 5.75 Å². The molecule has 0 bridgehead atoms. The van der Waals surface area contributed by atoms with E-state index in [2.05, 4.69) is 20.0 Å². The summed E-state index contributed by atoms with van der Waals surface area (Å²) in [5, 5.41) is 2.63. The Labute approximate surface area is 123 Å². The monoisotopic (exact) mass is 314 g/mol. The molecule has 2 aromatic rings. The van der Waals surface area contributed by atoms with E-state index in [9.17, 15) is 13.2 Å². The number of ether oxygens (including phenoxy) is 1. The lowest BCUT2D eigenvalue weighted by atomic mass is 10.3. The maximum absolute atomic E-state index is 12.3. The molecule has 2 rings (SSSR count). The van der Waals surface area contributed by atoms with Gasteiger partial charge in [-0.15, -0.1) is 13.2 Å². The lowest BCUT2D eigenvalue weighted by Gasteiger charge is -2.13. The minimum atomic E-state index is -4.79. The fourth-order valence-electron chi connectivity index (χ4n) is 1.46. The van der Waals surface area contributed by atoms with Gasteiger partial charge in [0.05, 0.1) is 5.69 Å². The summed E-state index contributed by atoms with van der Waals surface area (Å²) in [6.45, 7) is 0. The third-order valence-corrected chi connectivity index (χ3v) is 2.48. The van der Waals surface area contributed by atoms with Gasteiger partial charge >= 0.3 is 6.36 Å². The Balaban J connectivity index is 2.27. The molecule has 0 unspecified atom stereocenters. The highest BCUT2D eigenvalue weighted by atomic mass is 32.1. The molecule has 0 fully saturated rings. The van der Waals surface area contributed by atoms with Crippen molar-refractivity contribution in [2.45, 2.75) is 6.36 Å². The first-order valence-corrected chi connectivity index (χ1v) is 6.00. The fourth-order valence-corrected chi connectivity index (χ4v) is 1.57. The van der Waals surface area contributed by atoms with E-state index in [-0.39, 0.29) is 16.6 Å². The van der Waals surface area contributed by atoms with Gasteiger partial charge in [-0.05, 0) is 18.2 Å². The van der Waals surface area contributed by atoms with Gasteiger partial charge in [0.25, 0.3) is 0 Å². The van der Waals surface area contributed by atoms with Crippen LogP contribution in [0.1, 0.15) is 5.69 Å². The molecule has 0 saturated heterocycles. The number of aromatic nitrogens is 2. The highest BCUT2D eigenvalue weighted by Gasteiger charge is 2.32. The minimum Gasteiger partial charge on any atom is -0.404 e. The average molecular weight is 314 g/mol. The zero-order valence-corrected chi connectivity index (χ0v) is 11.2. The van der Waals surface area contributed by atoms with Gasteiger partial charge in [0.1, 0.15) is 10.7 Å². The summed E-state index contributed by atoms with van der Waals surface area (Å²) < 4.78 is 40.9. The largest absolute Gasteiger partial charge is 0.573 e. The van der Waals surface area contributed by atoms with E-state index in [0.717, 1.165) is 0 Å². The van der Waals surface area contributed by atoms with Crippen LogP contribution in [0.5, 0.6) is 5.75 Å². The van der Waals surface area contributed by atoms with Crippen molar-refractivity contribution in [1.82, 2.24) is 9.97 Å². The van der Waals surface area contributed by atoms with Crippen molar-refractivity contribution in [3.8, 4) is 5.75 Å². The van der Waals surface area contributed by atoms with Crippen LogP contribution in [0.4, 0.5) is 24.8 Å². The molecule has 0 aliphatic rings. The average Bonchev–Trinajstić information content (AvgIpc) is 2.40. The second-order valence-electron chi connectivity index (χ2n) is 3.80. The van der Waals surface area contributed by atoms with Crippen molar-refractivity contribution in [3.63, 3.8) is 0 Å². The zero-order valence-electron chi connectivity index (χ0n) is 10.4. The van der Waals surface area contributed by atoms with E-state index in [1.54, 1.807) is 6.07 Å². The smallest absolute Gasteiger partial charge is 0.404 e. The van der Waals surface area contributed by atoms with E-state index in [1.165, 1.54) is 30.5 Å². The lowest BCUT2D eigenvalue weighted by molar-refractivity contribution is -0.274. The van der Waals surface area contributed by atoms with Gasteiger partial charge in [0.2, 0.25) is 5.95 Å². The molecule has 0 atom stereocenters. The molecule has 110 valence electrons. The van der Waals surface area contributed by atoms with Gasteiger partial charge in [0, 0.05) is 6.20 Å². The SMILES string of the molecule is NC(=S)c1ccnc(Nc2ccccc2OC(F)(F)F)n1. The Kier molecular flexibility index (Phi) is 4.22. The van der Waals surface area contributed by atoms with Crippen LogP contribution in [0, 0.1) is 0 Å². The number of thiocarbonyl (C=S) groups is 1. The molecule has 9 heteroatoms. The molecule has 1 aromatic heterocycles. The molecule has 1 aromatic carbocycles. The predicted molar refractivity (Wildman–Crippen MR) is 74.3 cm³/mol. The summed E-state index contributed by atoms with van der Waals surface area (Å²) in [7, 11) is 0. The molecule has 21 heavy (non-hydrogen) atoms. The van der Waals surface area contributed by atoms with Crippen LogP contribution < -0.4 is 15.8 Å². The highest BCUT2D eigenvalue weighted by Crippen LogP contribution is 2.31. The first kappa shape index (κ1) is 15.0. The number of anilines is 2. The Hall–Kier alpha value is -2.42. The van der Waals surface area contributed by atoms with Gasteiger partial charge in [-0.3, -0.25) is 0 Å². The van der Waals surface area contributed by atoms with E-state index < -0.39 is 12.1 Å². The van der Waals surface area contributed by atoms with Gasteiger partial charge in [-0.25, -0.2) is 9.97 Å². The van der Waals surface area contributed by atoms with Crippen LogP contribution in [-0.2, 0) is 0 Å². The van der Waals surface area contributed by atoms with Crippen molar-refractivity contribution in [3.05, 3.63) is 42.2 Å². The number of hydrogen-bond acceptors (Lipinski definition) is 5. The summed E-state index contributed by atoms with van der Waals surface area (Å²) in [4.78, 5) is 7.92. The molecule has 5 nitrogen and oxygen atoms in total. The molecule has 0 aliphatic heterocycles. The van der Waals surface area contributed by atoms with Gasteiger partial charge in [-0.2, -0.15) is 0 Å². The molecular formula is C12H9F3N4OS. The minimum absolute atomic E-state index is 0.0542. The maximum atomic E-state index is 12.3. The molecule has 0 radical (unpaired) electrons. The number of nitrogens with zero attached hydrogens (tertiary/aromatic N) is 2. The molecule has 0 saturated carbocycles. The van der Waals surface area contributed by atoms with E-state index in [1.807, 2.05) is 0 Å². The predicted octanol–water partition coefficient (Wildman–Crippen LogP) is 2.75. The van der Waals surface area contributed by atoms with Crippen molar-refractivity contribution in [2.24, 2.45) is 5.73 Å². The number of halogens is 3. The van der Waals surface area contributed by atoms with Crippen LogP contribution in [0.25, 0.3) is 0 Å². The Morgan fingerprint density at radius 2 is 1.95 bits per heavy atom. The first-order chi connectivity index (χ1) is 9.85. The summed E-state index contributed by atoms with van der Waals surface area (Å²) >= 11 is 4.77. The van der Waals surface area contributed by atoms with Crippen molar-refractivity contribution < 1.29 is 17.9 Å². The zero-order chi connectivity index (χ0) is 15.5. The number of nitrogens with one attached hydrogen (secondary N) is 1. The highest BCUT2D eigenvalue weighted by molar-refractivity contribution is 7.80. The molecule has 0 spiro atoms. The normalized spacial score (nSPS) is 11.0. The van der Waals surface area contributed by atoms with Crippen LogP contribution in [0.2, 0.25) is 0 Å². The first-order valence-electron chi connectivity index (χ1n) is 5.60. The summed E-state index contributed by atoms with van der Waals surface area (Å²) in [6.07, 6.45) is -3.41. The summed E-state index contributed by atoms with van der Waals surface area (Å²) in [5.74, 6) is -0.340. The van der Waals surface area contributed by atoms with Crippen LogP contribution >= 0.6 is 12.2 Å². The van der Waals surface area contributed by atoms with Crippen LogP contribution in [-0.4, -0.2) is 21.3 Å². The van der Waals surface area contributed by atoms with Crippen LogP contribution in [0.15, 0.2) is 36.5 Å². The number of alkyl halides is 3. The topological polar surface area (TPSA) is 73.1 Å². The van der Waals surface area contributed by atoms with Crippen molar-refractivity contribution in [1.29, 1.82) is 0 Å². The van der Waals surface area contributed by atoms with E-state index in [4.69, 9.17) is 18.0 Å². The number of benzene rings is 1. The molecular weight excluding hydrogens is 305 g/mol. The third-order valence-electron chi connectivity index (χ3n) is 2.27. The molecule has 0 amide bonds. The molecule has 3 N–H and O–H groups in total. The lowest BCUT2D eigenvalue weighted by Crippen LogP contribution is -2.18. The fraction of sp³-hybridized carbons (Fsp3) is 0.0833. The van der Waals surface area contributed by atoms with E-state index >= 15 is 0 Å². The number of hydrogen-bond donors (Lipinski definition) is 2. The van der Waals surface area contributed by atoms with E-state index in [0.29, 0.717) is 5.69 Å². The molecule has 0 aliphatic carbocycles. The van der Waals surface area contributed by atoms with Gasteiger partial charge < -0.3 is 15.8 Å². The Bertz CT molecular complexity index is 663. The number of para-hydroxylation sites is 2.